The first-order chi connectivity index (χ1) is 19.4. The molecular weight excluding hydrogens is 555 g/mol. The molecule has 0 spiro atoms. The summed E-state index contributed by atoms with van der Waals surface area (Å²) >= 11 is 0. The van der Waals surface area contributed by atoms with Gasteiger partial charge in [0.15, 0.2) is 5.69 Å². The van der Waals surface area contributed by atoms with Gasteiger partial charge in [0.1, 0.15) is 18.2 Å². The van der Waals surface area contributed by atoms with Crippen LogP contribution in [0, 0.1) is 5.41 Å². The van der Waals surface area contributed by atoms with Crippen LogP contribution >= 0.6 is 0 Å². The van der Waals surface area contributed by atoms with Gasteiger partial charge in [0.2, 0.25) is 0 Å². The quantitative estimate of drug-likeness (QED) is 0.388. The zero-order chi connectivity index (χ0) is 31.0. The van der Waals surface area contributed by atoms with Crippen LogP contribution in [0.15, 0.2) is 18.2 Å². The highest BCUT2D eigenvalue weighted by Crippen LogP contribution is 2.42. The van der Waals surface area contributed by atoms with Crippen molar-refractivity contribution in [2.75, 3.05) is 11.9 Å². The lowest BCUT2D eigenvalue weighted by Crippen LogP contribution is -2.39. The van der Waals surface area contributed by atoms with Crippen molar-refractivity contribution in [3.05, 3.63) is 40.7 Å². The number of anilines is 1. The number of primary amides is 1. The van der Waals surface area contributed by atoms with Gasteiger partial charge in [0.25, 0.3) is 5.91 Å². The highest BCUT2D eigenvalue weighted by molar-refractivity contribution is 5.99. The predicted octanol–water partition coefficient (Wildman–Crippen LogP) is 4.91. The average molecular weight is 594 g/mol. The SMILES string of the molecule is CC1(C)CCc2c(C(F)(F)F)nn(-c3ccc(C(N)=O)c(NC4CCCC4OC(=O)CNC(=O)OC(C)(C)C)c3)c2C1. The number of ether oxygens (including phenoxy) is 2. The molecule has 42 heavy (non-hydrogen) atoms. The summed E-state index contributed by atoms with van der Waals surface area (Å²) in [5, 5.41) is 9.59. The molecule has 1 aromatic heterocycles. The van der Waals surface area contributed by atoms with E-state index in [4.69, 9.17) is 15.2 Å². The Labute approximate surface area is 242 Å². The van der Waals surface area contributed by atoms with Gasteiger partial charge in [-0.05, 0) is 82.9 Å². The second-order valence-corrected chi connectivity index (χ2v) is 12.7. The second-order valence-electron chi connectivity index (χ2n) is 12.7. The van der Waals surface area contributed by atoms with Crippen LogP contribution in [0.3, 0.4) is 0 Å². The summed E-state index contributed by atoms with van der Waals surface area (Å²) in [6.07, 6.45) is -2.79. The zero-order valence-electron chi connectivity index (χ0n) is 24.5. The number of alkyl carbamates (subject to hydrolysis) is 1. The van der Waals surface area contributed by atoms with E-state index in [2.05, 4.69) is 15.7 Å². The highest BCUT2D eigenvalue weighted by atomic mass is 19.4. The Morgan fingerprint density at radius 3 is 2.52 bits per heavy atom. The van der Waals surface area contributed by atoms with E-state index in [0.29, 0.717) is 42.8 Å². The van der Waals surface area contributed by atoms with E-state index >= 15 is 0 Å². The summed E-state index contributed by atoms with van der Waals surface area (Å²) in [5.74, 6) is -1.38. The number of benzene rings is 1. The number of esters is 1. The van der Waals surface area contributed by atoms with Crippen molar-refractivity contribution in [1.29, 1.82) is 0 Å². The summed E-state index contributed by atoms with van der Waals surface area (Å²) in [6.45, 7) is 8.73. The maximum absolute atomic E-state index is 13.9. The molecule has 2 atom stereocenters. The molecule has 1 fully saturated rings. The third-order valence-electron chi connectivity index (χ3n) is 7.42. The molecule has 1 aromatic carbocycles. The van der Waals surface area contributed by atoms with Gasteiger partial charge >= 0.3 is 18.2 Å². The van der Waals surface area contributed by atoms with Crippen LogP contribution in [-0.4, -0.2) is 52.0 Å². The molecule has 0 radical (unpaired) electrons. The number of hydrogen-bond acceptors (Lipinski definition) is 7. The van der Waals surface area contributed by atoms with Crippen molar-refractivity contribution in [1.82, 2.24) is 15.1 Å². The Morgan fingerprint density at radius 1 is 1.17 bits per heavy atom. The standard InChI is InChI=1S/C29H38F3N5O5/c1-27(2,3)42-26(40)34-15-23(38)41-22-8-6-7-19(22)35-20-13-16(9-10-17(20)25(33)39)37-21-14-28(4,5)12-11-18(21)24(36-37)29(30,31)32/h9-10,13,19,22,35H,6-8,11-12,14-15H2,1-5H3,(H2,33,39)(H,34,40). The van der Waals surface area contributed by atoms with Gasteiger partial charge in [-0.25, -0.2) is 9.48 Å². The minimum absolute atomic E-state index is 0.139. The first-order valence-electron chi connectivity index (χ1n) is 14.0. The van der Waals surface area contributed by atoms with E-state index in [1.165, 1.54) is 16.8 Å². The monoisotopic (exact) mass is 593 g/mol. The molecule has 1 saturated carbocycles. The average Bonchev–Trinajstić information content (AvgIpc) is 3.44. The van der Waals surface area contributed by atoms with E-state index in [1.54, 1.807) is 26.8 Å². The Bertz CT molecular complexity index is 1360. The van der Waals surface area contributed by atoms with Crippen molar-refractivity contribution in [3.8, 4) is 5.69 Å². The summed E-state index contributed by atoms with van der Waals surface area (Å²) < 4.78 is 53.8. The van der Waals surface area contributed by atoms with Crippen LogP contribution < -0.4 is 16.4 Å². The van der Waals surface area contributed by atoms with E-state index in [-0.39, 0.29) is 29.5 Å². The van der Waals surface area contributed by atoms with E-state index in [0.717, 1.165) is 6.42 Å². The molecule has 2 aliphatic rings. The number of aromatic nitrogens is 2. The molecule has 10 nitrogen and oxygen atoms in total. The van der Waals surface area contributed by atoms with Gasteiger partial charge in [-0.1, -0.05) is 13.8 Å². The lowest BCUT2D eigenvalue weighted by Gasteiger charge is -2.30. The Balaban J connectivity index is 1.57. The fourth-order valence-corrected chi connectivity index (χ4v) is 5.48. The number of alkyl halides is 3. The van der Waals surface area contributed by atoms with Gasteiger partial charge in [-0.2, -0.15) is 18.3 Å². The van der Waals surface area contributed by atoms with Crippen molar-refractivity contribution in [2.45, 2.75) is 97.1 Å². The fraction of sp³-hybridized carbons (Fsp3) is 0.586. The van der Waals surface area contributed by atoms with Gasteiger partial charge in [-0.3, -0.25) is 9.59 Å². The Kier molecular flexibility index (Phi) is 8.52. The number of carbonyl (C=O) groups excluding carboxylic acids is 3. The highest BCUT2D eigenvalue weighted by Gasteiger charge is 2.42. The van der Waals surface area contributed by atoms with Crippen LogP contribution in [-0.2, 0) is 33.3 Å². The van der Waals surface area contributed by atoms with E-state index in [1.807, 2.05) is 13.8 Å². The number of hydrogen-bond donors (Lipinski definition) is 3. The Hall–Kier alpha value is -3.77. The lowest BCUT2D eigenvalue weighted by atomic mass is 9.76. The van der Waals surface area contributed by atoms with Gasteiger partial charge in [0.05, 0.1) is 17.3 Å². The minimum atomic E-state index is -4.61. The van der Waals surface area contributed by atoms with Crippen LogP contribution in [0.25, 0.3) is 5.69 Å². The number of fused-ring (bicyclic) bond motifs is 1. The third kappa shape index (κ3) is 7.35. The molecule has 4 rings (SSSR count). The van der Waals surface area contributed by atoms with Crippen LogP contribution in [0.2, 0.25) is 0 Å². The largest absolute Gasteiger partial charge is 0.459 e. The maximum Gasteiger partial charge on any atom is 0.435 e. The molecule has 2 amide bonds. The number of halogens is 3. The molecule has 2 aromatic rings. The lowest BCUT2D eigenvalue weighted by molar-refractivity contribution is -0.148. The van der Waals surface area contributed by atoms with Crippen LogP contribution in [0.1, 0.15) is 87.6 Å². The van der Waals surface area contributed by atoms with E-state index in [9.17, 15) is 27.6 Å². The molecule has 0 bridgehead atoms. The summed E-state index contributed by atoms with van der Waals surface area (Å²) in [4.78, 5) is 36.6. The van der Waals surface area contributed by atoms with Crippen molar-refractivity contribution < 1.29 is 37.0 Å². The molecular formula is C29H38F3N5O5. The molecule has 0 saturated heterocycles. The maximum atomic E-state index is 13.9. The van der Waals surface area contributed by atoms with Gasteiger partial charge in [0, 0.05) is 16.9 Å². The van der Waals surface area contributed by atoms with Crippen molar-refractivity contribution in [3.63, 3.8) is 0 Å². The van der Waals surface area contributed by atoms with E-state index < -0.39 is 47.6 Å². The first-order valence-corrected chi connectivity index (χ1v) is 14.0. The van der Waals surface area contributed by atoms with Crippen LogP contribution in [0.5, 0.6) is 0 Å². The van der Waals surface area contributed by atoms with Gasteiger partial charge in [-0.15, -0.1) is 0 Å². The smallest absolute Gasteiger partial charge is 0.435 e. The van der Waals surface area contributed by atoms with Crippen molar-refractivity contribution >= 4 is 23.7 Å². The third-order valence-corrected chi connectivity index (χ3v) is 7.42. The topological polar surface area (TPSA) is 138 Å². The number of amides is 2. The normalized spacial score (nSPS) is 20.0. The number of carbonyl (C=O) groups is 3. The van der Waals surface area contributed by atoms with Crippen molar-refractivity contribution in [2.24, 2.45) is 11.1 Å². The minimum Gasteiger partial charge on any atom is -0.459 e. The summed E-state index contributed by atoms with van der Waals surface area (Å²) in [7, 11) is 0. The fourth-order valence-electron chi connectivity index (χ4n) is 5.48. The molecule has 13 heteroatoms. The zero-order valence-corrected chi connectivity index (χ0v) is 24.5. The Morgan fingerprint density at radius 2 is 1.88 bits per heavy atom. The molecule has 2 unspecified atom stereocenters. The molecule has 0 aliphatic heterocycles. The number of nitrogens with one attached hydrogen (secondary N) is 2. The molecule has 2 aliphatic carbocycles. The second kappa shape index (κ2) is 11.5. The first kappa shape index (κ1) is 31.2. The van der Waals surface area contributed by atoms with Crippen LogP contribution in [0.4, 0.5) is 23.7 Å². The molecule has 230 valence electrons. The number of nitrogens with two attached hydrogens (primary N) is 1. The molecule has 4 N–H and O–H groups in total. The summed E-state index contributed by atoms with van der Waals surface area (Å²) in [5.41, 5.74) is 5.26. The predicted molar refractivity (Wildman–Crippen MR) is 148 cm³/mol. The molecule has 1 heterocycles. The number of nitrogens with zero attached hydrogens (tertiary/aromatic N) is 2. The van der Waals surface area contributed by atoms with Gasteiger partial charge < -0.3 is 25.8 Å². The number of rotatable bonds is 7. The summed E-state index contributed by atoms with van der Waals surface area (Å²) in [6, 6.07) is 4.13.